The molecule has 0 radical (unpaired) electrons. The lowest BCUT2D eigenvalue weighted by molar-refractivity contribution is 0.269. The minimum Gasteiger partial charge on any atom is -0.352 e. The van der Waals surface area contributed by atoms with Crippen molar-refractivity contribution in [1.82, 2.24) is 25.4 Å². The summed E-state index contributed by atoms with van der Waals surface area (Å²) in [6.45, 7) is 7.14. The number of aromatic nitrogens is 1. The summed E-state index contributed by atoms with van der Waals surface area (Å²) < 4.78 is 0. The molecule has 1 aliphatic heterocycles. The van der Waals surface area contributed by atoms with Crippen LogP contribution in [0.25, 0.3) is 0 Å². The fourth-order valence-electron chi connectivity index (χ4n) is 3.36. The summed E-state index contributed by atoms with van der Waals surface area (Å²) in [5, 5.41) is 6.66. The molecule has 3 rings (SSSR count). The standard InChI is InChI=1S/C22H32N6.HI/c1-23-22(26-17-21-6-3-4-11-24-21)25-16-19-7-9-20(10-8-19)18-28-13-5-12-27(2)14-15-28;/h3-4,6-11H,5,12-18H2,1-2H3,(H2,23,25,26);1H. The number of hydrogen-bond acceptors (Lipinski definition) is 4. The number of halogens is 1. The Morgan fingerprint density at radius 1 is 0.966 bits per heavy atom. The second kappa shape index (κ2) is 12.8. The average molecular weight is 508 g/mol. The van der Waals surface area contributed by atoms with Crippen LogP contribution in [-0.2, 0) is 19.6 Å². The van der Waals surface area contributed by atoms with Crippen molar-refractivity contribution in [3.63, 3.8) is 0 Å². The molecule has 2 N–H and O–H groups in total. The van der Waals surface area contributed by atoms with Gasteiger partial charge in [-0.15, -0.1) is 24.0 Å². The van der Waals surface area contributed by atoms with E-state index < -0.39 is 0 Å². The molecule has 29 heavy (non-hydrogen) atoms. The summed E-state index contributed by atoms with van der Waals surface area (Å²) in [6.07, 6.45) is 3.06. The van der Waals surface area contributed by atoms with Gasteiger partial charge in [0.25, 0.3) is 0 Å². The van der Waals surface area contributed by atoms with Crippen molar-refractivity contribution in [2.24, 2.45) is 4.99 Å². The van der Waals surface area contributed by atoms with Crippen molar-refractivity contribution in [2.45, 2.75) is 26.1 Å². The van der Waals surface area contributed by atoms with E-state index in [1.54, 1.807) is 13.2 Å². The molecule has 0 amide bonds. The van der Waals surface area contributed by atoms with E-state index in [9.17, 15) is 0 Å². The number of benzene rings is 1. The van der Waals surface area contributed by atoms with E-state index in [4.69, 9.17) is 0 Å². The van der Waals surface area contributed by atoms with E-state index >= 15 is 0 Å². The van der Waals surface area contributed by atoms with Crippen LogP contribution in [0.1, 0.15) is 23.2 Å². The van der Waals surface area contributed by atoms with E-state index in [1.807, 2.05) is 18.2 Å². The molecule has 1 saturated heterocycles. The van der Waals surface area contributed by atoms with Gasteiger partial charge in [0, 0.05) is 39.4 Å². The van der Waals surface area contributed by atoms with Gasteiger partial charge in [0.05, 0.1) is 12.2 Å². The Morgan fingerprint density at radius 3 is 2.45 bits per heavy atom. The van der Waals surface area contributed by atoms with Gasteiger partial charge in [-0.05, 0) is 49.8 Å². The van der Waals surface area contributed by atoms with Gasteiger partial charge in [0.15, 0.2) is 5.96 Å². The van der Waals surface area contributed by atoms with Crippen LogP contribution in [0.2, 0.25) is 0 Å². The maximum absolute atomic E-state index is 4.32. The summed E-state index contributed by atoms with van der Waals surface area (Å²) in [6, 6.07) is 14.8. The highest BCUT2D eigenvalue weighted by molar-refractivity contribution is 14.0. The molecule has 2 heterocycles. The topological polar surface area (TPSA) is 55.8 Å². The average Bonchev–Trinajstić information content (AvgIpc) is 2.94. The number of guanidine groups is 1. The second-order valence-electron chi connectivity index (χ2n) is 7.35. The van der Waals surface area contributed by atoms with Crippen LogP contribution in [0.5, 0.6) is 0 Å². The molecule has 1 aromatic heterocycles. The maximum Gasteiger partial charge on any atom is 0.191 e. The first kappa shape index (κ1) is 23.6. The molecule has 1 aromatic carbocycles. The summed E-state index contributed by atoms with van der Waals surface area (Å²) in [5.41, 5.74) is 3.63. The molecule has 7 heteroatoms. The van der Waals surface area contributed by atoms with E-state index in [-0.39, 0.29) is 24.0 Å². The highest BCUT2D eigenvalue weighted by atomic mass is 127. The number of pyridine rings is 1. The number of likely N-dealkylation sites (N-methyl/N-ethyl adjacent to an activating group) is 1. The van der Waals surface area contributed by atoms with E-state index in [0.717, 1.165) is 37.8 Å². The Balaban J connectivity index is 0.00000300. The molecule has 1 fully saturated rings. The van der Waals surface area contributed by atoms with Gasteiger partial charge in [-0.3, -0.25) is 14.9 Å². The zero-order chi connectivity index (χ0) is 19.6. The summed E-state index contributed by atoms with van der Waals surface area (Å²) in [7, 11) is 4.00. The highest BCUT2D eigenvalue weighted by Gasteiger charge is 2.12. The van der Waals surface area contributed by atoms with Gasteiger partial charge < -0.3 is 15.5 Å². The summed E-state index contributed by atoms with van der Waals surface area (Å²) in [4.78, 5) is 13.6. The van der Waals surface area contributed by atoms with Crippen LogP contribution in [0.4, 0.5) is 0 Å². The van der Waals surface area contributed by atoms with Crippen LogP contribution >= 0.6 is 24.0 Å². The molecule has 0 atom stereocenters. The summed E-state index contributed by atoms with van der Waals surface area (Å²) >= 11 is 0. The van der Waals surface area contributed by atoms with Crippen LogP contribution in [-0.4, -0.2) is 61.0 Å². The zero-order valence-corrected chi connectivity index (χ0v) is 19.8. The molecule has 0 saturated carbocycles. The predicted octanol–water partition coefficient (Wildman–Crippen LogP) is 2.70. The third kappa shape index (κ3) is 8.28. The van der Waals surface area contributed by atoms with E-state index in [0.29, 0.717) is 6.54 Å². The maximum atomic E-state index is 4.32. The minimum atomic E-state index is 0. The van der Waals surface area contributed by atoms with Crippen molar-refractivity contribution in [3.8, 4) is 0 Å². The van der Waals surface area contributed by atoms with E-state index in [1.165, 1.54) is 30.6 Å². The molecule has 6 nitrogen and oxygen atoms in total. The number of rotatable bonds is 6. The minimum absolute atomic E-state index is 0. The lowest BCUT2D eigenvalue weighted by Gasteiger charge is -2.20. The SMILES string of the molecule is CN=C(NCc1ccc(CN2CCCN(C)CC2)cc1)NCc1ccccn1.I. The molecule has 158 valence electrons. The molecular weight excluding hydrogens is 475 g/mol. The van der Waals surface area contributed by atoms with Gasteiger partial charge in [0.1, 0.15) is 0 Å². The fraction of sp³-hybridized carbons (Fsp3) is 0.455. The van der Waals surface area contributed by atoms with Crippen LogP contribution < -0.4 is 10.6 Å². The van der Waals surface area contributed by atoms with Gasteiger partial charge in [-0.2, -0.15) is 0 Å². The fourth-order valence-corrected chi connectivity index (χ4v) is 3.36. The normalized spacial score (nSPS) is 16.0. The Kier molecular flexibility index (Phi) is 10.4. The van der Waals surface area contributed by atoms with Crippen molar-refractivity contribution in [3.05, 3.63) is 65.5 Å². The van der Waals surface area contributed by atoms with E-state index in [2.05, 4.69) is 61.7 Å². The van der Waals surface area contributed by atoms with Crippen molar-refractivity contribution in [2.75, 3.05) is 40.3 Å². The lowest BCUT2D eigenvalue weighted by atomic mass is 10.1. The highest BCUT2D eigenvalue weighted by Crippen LogP contribution is 2.10. The zero-order valence-electron chi connectivity index (χ0n) is 17.5. The van der Waals surface area contributed by atoms with Crippen LogP contribution in [0.3, 0.4) is 0 Å². The first-order chi connectivity index (χ1) is 13.7. The predicted molar refractivity (Wildman–Crippen MR) is 131 cm³/mol. The number of hydrogen-bond donors (Lipinski definition) is 2. The molecular formula is C22H33IN6. The van der Waals surface area contributed by atoms with Crippen LogP contribution in [0, 0.1) is 0 Å². The molecule has 0 spiro atoms. The van der Waals surface area contributed by atoms with Gasteiger partial charge in [0.2, 0.25) is 0 Å². The third-order valence-electron chi connectivity index (χ3n) is 5.09. The Hall–Kier alpha value is -1.71. The number of nitrogens with one attached hydrogen (secondary N) is 2. The molecule has 1 aliphatic rings. The largest absolute Gasteiger partial charge is 0.352 e. The van der Waals surface area contributed by atoms with Crippen molar-refractivity contribution >= 4 is 29.9 Å². The quantitative estimate of drug-likeness (QED) is 0.357. The van der Waals surface area contributed by atoms with Crippen LogP contribution in [0.15, 0.2) is 53.7 Å². The lowest BCUT2D eigenvalue weighted by Crippen LogP contribution is -2.36. The Labute approximate surface area is 191 Å². The molecule has 0 unspecified atom stereocenters. The van der Waals surface area contributed by atoms with Crippen molar-refractivity contribution < 1.29 is 0 Å². The third-order valence-corrected chi connectivity index (χ3v) is 5.09. The van der Waals surface area contributed by atoms with Gasteiger partial charge in [-0.1, -0.05) is 30.3 Å². The smallest absolute Gasteiger partial charge is 0.191 e. The number of nitrogens with zero attached hydrogens (tertiary/aromatic N) is 4. The number of aliphatic imine (C=N–C) groups is 1. The monoisotopic (exact) mass is 508 g/mol. The Morgan fingerprint density at radius 2 is 1.72 bits per heavy atom. The first-order valence-electron chi connectivity index (χ1n) is 10.1. The first-order valence-corrected chi connectivity index (χ1v) is 10.1. The summed E-state index contributed by atoms with van der Waals surface area (Å²) in [5.74, 6) is 0.781. The van der Waals surface area contributed by atoms with Crippen molar-refractivity contribution in [1.29, 1.82) is 0 Å². The molecule has 2 aromatic rings. The molecule has 0 bridgehead atoms. The van der Waals surface area contributed by atoms with Gasteiger partial charge in [-0.25, -0.2) is 0 Å². The molecule has 0 aliphatic carbocycles. The van der Waals surface area contributed by atoms with Gasteiger partial charge >= 0.3 is 0 Å². The second-order valence-corrected chi connectivity index (χ2v) is 7.35. The Bertz CT molecular complexity index is 735.